The molecule has 1 atom stereocenters. The number of hydrogen-bond donors (Lipinski definition) is 2. The lowest BCUT2D eigenvalue weighted by atomic mass is 10.1. The van der Waals surface area contributed by atoms with Gasteiger partial charge in [0.25, 0.3) is 0 Å². The third-order valence-electron chi connectivity index (χ3n) is 1.69. The summed E-state index contributed by atoms with van der Waals surface area (Å²) in [4.78, 5) is 3.91. The van der Waals surface area contributed by atoms with Gasteiger partial charge in [-0.05, 0) is 18.2 Å². The first kappa shape index (κ1) is 7.58. The Morgan fingerprint density at radius 2 is 2.42 bits per heavy atom. The van der Waals surface area contributed by atoms with Crippen LogP contribution in [-0.4, -0.2) is 16.3 Å². The van der Waals surface area contributed by atoms with Gasteiger partial charge in [0, 0.05) is 17.4 Å². The van der Waals surface area contributed by atoms with E-state index in [2.05, 4.69) is 10.3 Å². The second-order valence-corrected chi connectivity index (χ2v) is 2.87. The van der Waals surface area contributed by atoms with E-state index < -0.39 is 6.23 Å². The van der Waals surface area contributed by atoms with Crippen LogP contribution < -0.4 is 5.32 Å². The van der Waals surface area contributed by atoms with Crippen molar-refractivity contribution >= 4 is 23.4 Å². The zero-order valence-electron chi connectivity index (χ0n) is 6.16. The van der Waals surface area contributed by atoms with Gasteiger partial charge in [-0.1, -0.05) is 11.6 Å². The molecule has 1 aliphatic rings. The first-order valence-electron chi connectivity index (χ1n) is 3.55. The van der Waals surface area contributed by atoms with Crippen molar-refractivity contribution in [3.8, 4) is 0 Å². The summed E-state index contributed by atoms with van der Waals surface area (Å²) in [6.07, 6.45) is 4.35. The van der Waals surface area contributed by atoms with Crippen LogP contribution in [0.25, 0.3) is 6.08 Å². The minimum absolute atomic E-state index is 0.447. The molecule has 0 fully saturated rings. The molecule has 0 bridgehead atoms. The van der Waals surface area contributed by atoms with Crippen LogP contribution in [0.15, 0.2) is 18.3 Å². The molecule has 2 rings (SSSR count). The van der Waals surface area contributed by atoms with Crippen molar-refractivity contribution in [1.29, 1.82) is 0 Å². The van der Waals surface area contributed by atoms with Gasteiger partial charge in [-0.25, -0.2) is 4.98 Å². The van der Waals surface area contributed by atoms with Crippen molar-refractivity contribution in [3.05, 3.63) is 29.1 Å². The zero-order valence-corrected chi connectivity index (χ0v) is 6.92. The first-order chi connectivity index (χ1) is 5.77. The summed E-state index contributed by atoms with van der Waals surface area (Å²) in [6, 6.07) is 1.77. The topological polar surface area (TPSA) is 45.2 Å². The number of fused-ring (bicyclic) bond motifs is 1. The number of aromatic nitrogens is 1. The fourth-order valence-corrected chi connectivity index (χ4v) is 1.35. The van der Waals surface area contributed by atoms with Gasteiger partial charge in [0.05, 0.1) is 0 Å². The molecule has 1 aromatic heterocycles. The van der Waals surface area contributed by atoms with E-state index in [0.717, 1.165) is 11.3 Å². The minimum atomic E-state index is -0.629. The van der Waals surface area contributed by atoms with Crippen LogP contribution in [0.4, 0.5) is 5.69 Å². The molecule has 0 saturated heterocycles. The average molecular weight is 183 g/mol. The number of aliphatic hydroxyl groups is 1. The Kier molecular flexibility index (Phi) is 1.75. The van der Waals surface area contributed by atoms with Gasteiger partial charge in [-0.15, -0.1) is 0 Å². The highest BCUT2D eigenvalue weighted by molar-refractivity contribution is 6.31. The second-order valence-electron chi connectivity index (χ2n) is 2.51. The van der Waals surface area contributed by atoms with Gasteiger partial charge < -0.3 is 10.4 Å². The van der Waals surface area contributed by atoms with Crippen LogP contribution >= 0.6 is 11.6 Å². The summed E-state index contributed by atoms with van der Waals surface area (Å²) in [6.45, 7) is 0. The maximum Gasteiger partial charge on any atom is 0.144 e. The van der Waals surface area contributed by atoms with Crippen molar-refractivity contribution in [2.24, 2.45) is 0 Å². The van der Waals surface area contributed by atoms with Crippen molar-refractivity contribution in [2.45, 2.75) is 6.23 Å². The van der Waals surface area contributed by atoms with Crippen LogP contribution in [0.5, 0.6) is 0 Å². The van der Waals surface area contributed by atoms with Gasteiger partial charge in [0.2, 0.25) is 0 Å². The molecule has 0 aromatic carbocycles. The van der Waals surface area contributed by atoms with Crippen LogP contribution in [-0.2, 0) is 0 Å². The molecule has 0 radical (unpaired) electrons. The first-order valence-corrected chi connectivity index (χ1v) is 3.92. The van der Waals surface area contributed by atoms with Gasteiger partial charge in [0.15, 0.2) is 0 Å². The third kappa shape index (κ3) is 1.17. The number of rotatable bonds is 0. The van der Waals surface area contributed by atoms with Gasteiger partial charge in [-0.2, -0.15) is 0 Å². The number of nitrogens with zero attached hydrogens (tertiary/aromatic N) is 1. The lowest BCUT2D eigenvalue weighted by Crippen LogP contribution is -2.18. The number of aliphatic hydroxyl groups excluding tert-OH is 1. The van der Waals surface area contributed by atoms with Crippen molar-refractivity contribution in [1.82, 2.24) is 4.98 Å². The standard InChI is InChI=1S/C8H7ClN2O/c9-8-5-1-2-7(12)11-6(5)3-4-10-8/h1-4,7,11-12H. The molecule has 62 valence electrons. The normalized spacial score (nSPS) is 20.0. The summed E-state index contributed by atoms with van der Waals surface area (Å²) < 4.78 is 0. The summed E-state index contributed by atoms with van der Waals surface area (Å²) in [5.74, 6) is 0. The smallest absolute Gasteiger partial charge is 0.144 e. The largest absolute Gasteiger partial charge is 0.370 e. The Morgan fingerprint density at radius 3 is 3.25 bits per heavy atom. The van der Waals surface area contributed by atoms with Crippen molar-refractivity contribution < 1.29 is 5.11 Å². The number of nitrogens with one attached hydrogen (secondary N) is 1. The molecular weight excluding hydrogens is 176 g/mol. The number of hydrogen-bond acceptors (Lipinski definition) is 3. The molecule has 3 nitrogen and oxygen atoms in total. The highest BCUT2D eigenvalue weighted by Gasteiger charge is 2.11. The Labute approximate surface area is 74.7 Å². The fraction of sp³-hybridized carbons (Fsp3) is 0.125. The molecule has 1 aromatic rings. The van der Waals surface area contributed by atoms with E-state index >= 15 is 0 Å². The summed E-state index contributed by atoms with van der Waals surface area (Å²) in [7, 11) is 0. The van der Waals surface area contributed by atoms with Crippen LogP contribution in [0.3, 0.4) is 0 Å². The van der Waals surface area contributed by atoms with E-state index in [1.54, 1.807) is 24.4 Å². The molecule has 2 N–H and O–H groups in total. The van der Waals surface area contributed by atoms with Gasteiger partial charge in [0.1, 0.15) is 11.4 Å². The highest BCUT2D eigenvalue weighted by atomic mass is 35.5. The fourth-order valence-electron chi connectivity index (χ4n) is 1.13. The molecule has 0 saturated carbocycles. The lowest BCUT2D eigenvalue weighted by Gasteiger charge is -2.17. The minimum Gasteiger partial charge on any atom is -0.370 e. The van der Waals surface area contributed by atoms with E-state index in [1.807, 2.05) is 0 Å². The Bertz CT molecular complexity index is 338. The number of anilines is 1. The quantitative estimate of drug-likeness (QED) is 0.598. The van der Waals surface area contributed by atoms with Crippen LogP contribution in [0.1, 0.15) is 5.56 Å². The lowest BCUT2D eigenvalue weighted by molar-refractivity contribution is 0.252. The zero-order chi connectivity index (χ0) is 8.55. The average Bonchev–Trinajstić information content (AvgIpc) is 2.04. The Hall–Kier alpha value is -1.06. The van der Waals surface area contributed by atoms with E-state index in [9.17, 15) is 5.11 Å². The monoisotopic (exact) mass is 182 g/mol. The van der Waals surface area contributed by atoms with E-state index in [4.69, 9.17) is 11.6 Å². The molecule has 2 heterocycles. The number of halogens is 1. The molecule has 0 aliphatic carbocycles. The highest BCUT2D eigenvalue weighted by Crippen LogP contribution is 2.26. The SMILES string of the molecule is OC1C=Cc2c(ccnc2Cl)N1. The summed E-state index contributed by atoms with van der Waals surface area (Å²) >= 11 is 5.81. The van der Waals surface area contributed by atoms with E-state index in [1.165, 1.54) is 0 Å². The molecular formula is C8H7ClN2O. The Morgan fingerprint density at radius 1 is 1.58 bits per heavy atom. The van der Waals surface area contributed by atoms with Crippen LogP contribution in [0, 0.1) is 0 Å². The summed E-state index contributed by atoms with van der Waals surface area (Å²) in [5, 5.41) is 12.5. The van der Waals surface area contributed by atoms with Crippen molar-refractivity contribution in [3.63, 3.8) is 0 Å². The van der Waals surface area contributed by atoms with Crippen LogP contribution in [0.2, 0.25) is 5.15 Å². The van der Waals surface area contributed by atoms with E-state index in [-0.39, 0.29) is 0 Å². The maximum absolute atomic E-state index is 9.19. The molecule has 12 heavy (non-hydrogen) atoms. The molecule has 4 heteroatoms. The molecule has 0 amide bonds. The predicted octanol–water partition coefficient (Wildman–Crippen LogP) is 1.49. The molecule has 1 unspecified atom stereocenters. The summed E-state index contributed by atoms with van der Waals surface area (Å²) in [5.41, 5.74) is 1.63. The molecule has 1 aliphatic heterocycles. The van der Waals surface area contributed by atoms with Gasteiger partial charge >= 0.3 is 0 Å². The predicted molar refractivity (Wildman–Crippen MR) is 47.9 cm³/mol. The Balaban J connectivity index is 2.53. The third-order valence-corrected chi connectivity index (χ3v) is 1.99. The maximum atomic E-state index is 9.19. The molecule has 0 spiro atoms. The van der Waals surface area contributed by atoms with E-state index in [0.29, 0.717) is 5.15 Å². The second kappa shape index (κ2) is 2.77. The number of pyridine rings is 1. The van der Waals surface area contributed by atoms with Gasteiger partial charge in [-0.3, -0.25) is 0 Å². The van der Waals surface area contributed by atoms with Crippen molar-refractivity contribution in [2.75, 3.05) is 5.32 Å².